The maximum absolute atomic E-state index is 11.3. The lowest BCUT2D eigenvalue weighted by atomic mass is 10.1. The Kier molecular flexibility index (Phi) is 3.47. The van der Waals surface area contributed by atoms with Crippen LogP contribution in [0.4, 0.5) is 0 Å². The number of carbonyl (C=O) groups excluding carboxylic acids is 1. The summed E-state index contributed by atoms with van der Waals surface area (Å²) in [6, 6.07) is 6.71. The smallest absolute Gasteiger partial charge is 0.178 e. The third-order valence-electron chi connectivity index (χ3n) is 1.47. The highest BCUT2D eigenvalue weighted by Gasteiger charge is 2.09. The molecule has 0 N–H and O–H groups in total. The van der Waals surface area contributed by atoms with E-state index in [0.717, 1.165) is 0 Å². The second kappa shape index (κ2) is 4.40. The van der Waals surface area contributed by atoms with E-state index in [1.54, 1.807) is 24.3 Å². The number of hydrogen-bond acceptors (Lipinski definition) is 2. The number of hydrogen-bond donors (Lipinski definition) is 0. The Hall–Kier alpha value is -0.850. The van der Waals surface area contributed by atoms with Gasteiger partial charge in [0, 0.05) is 15.1 Å². The molecule has 0 fully saturated rings. The van der Waals surface area contributed by atoms with Gasteiger partial charge in [0.1, 0.15) is 0 Å². The Balaban J connectivity index is 3.07. The van der Waals surface area contributed by atoms with Gasteiger partial charge in [-0.3, -0.25) is 4.79 Å². The summed E-state index contributed by atoms with van der Waals surface area (Å²) in [5.41, 5.74) is 0.453. The largest absolute Gasteiger partial charge is 0.293 e. The first kappa shape index (κ1) is 10.2. The van der Waals surface area contributed by atoms with Gasteiger partial charge >= 0.3 is 0 Å². The van der Waals surface area contributed by atoms with Crippen LogP contribution in [0.2, 0.25) is 5.02 Å². The quantitative estimate of drug-likeness (QED) is 0.764. The lowest BCUT2D eigenvalue weighted by molar-refractivity contribution is 0.0997. The monoisotopic (exact) mass is 257 g/mol. The molecule has 0 aromatic heterocycles. The maximum atomic E-state index is 11.3. The minimum Gasteiger partial charge on any atom is -0.293 e. The molecule has 66 valence electrons. The van der Waals surface area contributed by atoms with Gasteiger partial charge in [0.25, 0.3) is 0 Å². The lowest BCUT2D eigenvalue weighted by Crippen LogP contribution is -1.98. The summed E-state index contributed by atoms with van der Waals surface area (Å²) < 4.78 is 0.664. The fourth-order valence-electron chi connectivity index (χ4n) is 0.878. The van der Waals surface area contributed by atoms with Crippen molar-refractivity contribution >= 4 is 33.3 Å². The molecule has 4 heteroatoms. The van der Waals surface area contributed by atoms with Crippen molar-refractivity contribution in [1.29, 1.82) is 5.26 Å². The summed E-state index contributed by atoms with van der Waals surface area (Å²) in [6.45, 7) is 0. The van der Waals surface area contributed by atoms with Gasteiger partial charge in [-0.05, 0) is 18.2 Å². The predicted octanol–water partition coefficient (Wildman–Crippen LogP) is 3.20. The van der Waals surface area contributed by atoms with E-state index >= 15 is 0 Å². The molecule has 0 saturated heterocycles. The zero-order chi connectivity index (χ0) is 9.84. The molecule has 0 bridgehead atoms. The van der Waals surface area contributed by atoms with E-state index in [1.807, 2.05) is 0 Å². The summed E-state index contributed by atoms with van der Waals surface area (Å²) in [5.74, 6) is -0.225. The fraction of sp³-hybridized carbons (Fsp3) is 0.111. The molecule has 0 amide bonds. The summed E-state index contributed by atoms with van der Waals surface area (Å²) in [4.78, 5) is 11.3. The maximum Gasteiger partial charge on any atom is 0.178 e. The number of ketones is 1. The molecule has 1 aromatic carbocycles. The number of nitriles is 1. The molecule has 0 aliphatic rings. The number of Topliss-reactive ketones (excluding diaryl/α,β-unsaturated/α-hetero) is 1. The number of halogens is 2. The van der Waals surface area contributed by atoms with Crippen LogP contribution in [-0.4, -0.2) is 5.78 Å². The van der Waals surface area contributed by atoms with Crippen molar-refractivity contribution < 1.29 is 4.79 Å². The van der Waals surface area contributed by atoms with Crippen molar-refractivity contribution in [2.24, 2.45) is 0 Å². The van der Waals surface area contributed by atoms with E-state index in [1.165, 1.54) is 0 Å². The molecule has 0 aliphatic heterocycles. The molecule has 1 aromatic rings. The van der Waals surface area contributed by atoms with Crippen molar-refractivity contribution in [2.75, 3.05) is 0 Å². The van der Waals surface area contributed by atoms with E-state index in [0.29, 0.717) is 15.1 Å². The Morgan fingerprint density at radius 2 is 2.31 bits per heavy atom. The zero-order valence-electron chi connectivity index (χ0n) is 6.55. The van der Waals surface area contributed by atoms with Gasteiger partial charge in [0.05, 0.1) is 12.5 Å². The first-order valence-corrected chi connectivity index (χ1v) is 4.67. The normalized spacial score (nSPS) is 9.31. The van der Waals surface area contributed by atoms with Gasteiger partial charge in [0.2, 0.25) is 0 Å². The zero-order valence-corrected chi connectivity index (χ0v) is 8.89. The molecule has 13 heavy (non-hydrogen) atoms. The van der Waals surface area contributed by atoms with Crippen LogP contribution in [0, 0.1) is 11.3 Å². The summed E-state index contributed by atoms with van der Waals surface area (Å²) >= 11 is 8.92. The van der Waals surface area contributed by atoms with Crippen LogP contribution in [0.15, 0.2) is 22.7 Å². The number of benzene rings is 1. The van der Waals surface area contributed by atoms with E-state index < -0.39 is 0 Å². The molecular weight excluding hydrogens is 253 g/mol. The third kappa shape index (κ3) is 2.55. The lowest BCUT2D eigenvalue weighted by Gasteiger charge is -2.00. The van der Waals surface area contributed by atoms with Crippen molar-refractivity contribution in [3.8, 4) is 6.07 Å². The highest BCUT2D eigenvalue weighted by molar-refractivity contribution is 9.10. The topological polar surface area (TPSA) is 40.9 Å². The van der Waals surface area contributed by atoms with E-state index in [2.05, 4.69) is 15.9 Å². The molecule has 1 rings (SSSR count). The average Bonchev–Trinajstić information content (AvgIpc) is 2.09. The molecule has 0 spiro atoms. The number of nitrogens with zero attached hydrogens (tertiary/aromatic N) is 1. The summed E-state index contributed by atoms with van der Waals surface area (Å²) in [6.07, 6.45) is -0.126. The first-order chi connectivity index (χ1) is 6.15. The van der Waals surface area contributed by atoms with Gasteiger partial charge in [-0.15, -0.1) is 0 Å². The van der Waals surface area contributed by atoms with Crippen molar-refractivity contribution in [2.45, 2.75) is 6.42 Å². The van der Waals surface area contributed by atoms with E-state index in [4.69, 9.17) is 16.9 Å². The van der Waals surface area contributed by atoms with Gasteiger partial charge in [0.15, 0.2) is 5.78 Å². The van der Waals surface area contributed by atoms with Crippen LogP contribution < -0.4 is 0 Å². The third-order valence-corrected chi connectivity index (χ3v) is 2.40. The Morgan fingerprint density at radius 1 is 1.62 bits per heavy atom. The second-order valence-corrected chi connectivity index (χ2v) is 3.67. The van der Waals surface area contributed by atoms with Gasteiger partial charge in [-0.2, -0.15) is 5.26 Å². The minimum absolute atomic E-state index is 0.126. The van der Waals surface area contributed by atoms with Crippen molar-refractivity contribution in [1.82, 2.24) is 0 Å². The van der Waals surface area contributed by atoms with Gasteiger partial charge in [-0.25, -0.2) is 0 Å². The van der Waals surface area contributed by atoms with E-state index in [9.17, 15) is 4.79 Å². The molecule has 2 nitrogen and oxygen atoms in total. The molecule has 0 unspecified atom stereocenters. The molecule has 0 atom stereocenters. The minimum atomic E-state index is -0.225. The fourth-order valence-corrected chi connectivity index (χ4v) is 1.52. The van der Waals surface area contributed by atoms with Crippen LogP contribution in [-0.2, 0) is 0 Å². The number of carbonyl (C=O) groups is 1. The second-order valence-electron chi connectivity index (χ2n) is 2.38. The van der Waals surface area contributed by atoms with Crippen LogP contribution in [0.1, 0.15) is 16.8 Å². The van der Waals surface area contributed by atoms with Crippen LogP contribution in [0.25, 0.3) is 0 Å². The SMILES string of the molecule is N#CCC(=O)c1cc(Cl)ccc1Br. The first-order valence-electron chi connectivity index (χ1n) is 3.50. The highest BCUT2D eigenvalue weighted by Crippen LogP contribution is 2.22. The molecular formula is C9H5BrClNO. The molecule has 0 saturated carbocycles. The van der Waals surface area contributed by atoms with Crippen LogP contribution in [0.3, 0.4) is 0 Å². The summed E-state index contributed by atoms with van der Waals surface area (Å²) in [5, 5.41) is 8.83. The summed E-state index contributed by atoms with van der Waals surface area (Å²) in [7, 11) is 0. The molecule has 0 heterocycles. The highest BCUT2D eigenvalue weighted by atomic mass is 79.9. The van der Waals surface area contributed by atoms with E-state index in [-0.39, 0.29) is 12.2 Å². The average molecular weight is 259 g/mol. The Labute approximate surface area is 89.3 Å². The predicted molar refractivity (Wildman–Crippen MR) is 53.7 cm³/mol. The van der Waals surface area contributed by atoms with Gasteiger partial charge in [-0.1, -0.05) is 27.5 Å². The molecule has 0 aliphatic carbocycles. The van der Waals surface area contributed by atoms with Crippen molar-refractivity contribution in [3.63, 3.8) is 0 Å². The van der Waals surface area contributed by atoms with Gasteiger partial charge < -0.3 is 0 Å². The number of rotatable bonds is 2. The van der Waals surface area contributed by atoms with Crippen molar-refractivity contribution in [3.05, 3.63) is 33.3 Å². The Morgan fingerprint density at radius 3 is 2.92 bits per heavy atom. The molecule has 0 radical (unpaired) electrons. The standard InChI is InChI=1S/C9H5BrClNO/c10-8-2-1-6(11)5-7(8)9(13)3-4-12/h1-2,5H,3H2. The Bertz CT molecular complexity index is 384. The van der Waals surface area contributed by atoms with Crippen LogP contribution >= 0.6 is 27.5 Å². The van der Waals surface area contributed by atoms with Crippen LogP contribution in [0.5, 0.6) is 0 Å².